The van der Waals surface area contributed by atoms with E-state index in [9.17, 15) is 0 Å². The maximum Gasteiger partial charge on any atom is 0.225 e. The summed E-state index contributed by atoms with van der Waals surface area (Å²) in [5.74, 6) is 2.85. The van der Waals surface area contributed by atoms with Crippen LogP contribution < -0.4 is 13.9 Å². The molecule has 1 saturated heterocycles. The number of nitrogens with zero attached hydrogens (tertiary/aromatic N) is 4. The van der Waals surface area contributed by atoms with Crippen molar-refractivity contribution < 1.29 is 4.74 Å². The van der Waals surface area contributed by atoms with E-state index in [0.29, 0.717) is 15.1 Å². The highest BCUT2D eigenvalue weighted by atomic mass is 16.5. The molecule has 1 fully saturated rings. The maximum absolute atomic E-state index is 7.16. The predicted octanol–water partition coefficient (Wildman–Crippen LogP) is 16.8. The van der Waals surface area contributed by atoms with Crippen LogP contribution in [0.2, 0.25) is 0 Å². The van der Waals surface area contributed by atoms with E-state index in [1.807, 2.05) is 6.20 Å². The van der Waals surface area contributed by atoms with Gasteiger partial charge < -0.3 is 4.74 Å². The molecule has 4 heterocycles. The molecule has 10 rings (SSSR count). The summed E-state index contributed by atoms with van der Waals surface area (Å²) in [6, 6.07) is 52.0. The molecule has 0 spiro atoms. The molecule has 2 aromatic heterocycles. The van der Waals surface area contributed by atoms with Gasteiger partial charge in [-0.2, -0.15) is 9.18 Å². The molecular weight excluding hydrogens is 781 g/mol. The first-order valence-corrected chi connectivity index (χ1v) is 23.4. The Labute approximate surface area is 380 Å². The molecule has 2 aliphatic heterocycles. The number of fused-ring (bicyclic) bond motifs is 7. The molecule has 5 heteroatoms. The quantitative estimate of drug-likeness (QED) is 0.0779. The van der Waals surface area contributed by atoms with Crippen LogP contribution in [-0.4, -0.2) is 9.55 Å². The minimum absolute atomic E-state index is 0.0122. The van der Waals surface area contributed by atoms with Crippen LogP contribution in [0.3, 0.4) is 0 Å². The van der Waals surface area contributed by atoms with E-state index in [1.54, 1.807) is 0 Å². The molecule has 1 unspecified atom stereocenters. The molecule has 0 aliphatic carbocycles. The van der Waals surface area contributed by atoms with E-state index in [0.717, 1.165) is 46.8 Å². The molecule has 0 bridgehead atoms. The second-order valence-electron chi connectivity index (χ2n) is 21.0. The van der Waals surface area contributed by atoms with Crippen LogP contribution in [0.25, 0.3) is 38.8 Å². The number of rotatable bonds is 10. The third-order valence-corrected chi connectivity index (χ3v) is 14.8. The number of para-hydroxylation sites is 1. The van der Waals surface area contributed by atoms with Gasteiger partial charge in [-0.1, -0.05) is 137 Å². The van der Waals surface area contributed by atoms with Gasteiger partial charge in [0.15, 0.2) is 18.0 Å². The number of pyridine rings is 1. The summed E-state index contributed by atoms with van der Waals surface area (Å²) in [4.78, 5) is 4.95. The van der Waals surface area contributed by atoms with Gasteiger partial charge in [-0.3, -0.25) is 4.57 Å². The van der Waals surface area contributed by atoms with Gasteiger partial charge in [-0.25, -0.2) is 4.98 Å². The Balaban J connectivity index is 1.17. The standard InChI is InChI=1S/C59H63N4O/c1-12-59(11,13-2)43-25-28-54-55(34-43)62(44-20-18-19-41(33-44)57(5,6)7)38-63(54,62)45-31-40(49-22-15-14-21-48(49)39(3)4)32-47(36-45)64-46-26-27-51-50-23-16-17-24-52(50)61(53(51)37-46)56-35-42(29-30-60-56)58(8,9)10/h14-39H,12-13H2,1-11H3/q+1/t62-,63?/m0/s1. The third-order valence-electron chi connectivity index (χ3n) is 14.8. The van der Waals surface area contributed by atoms with Gasteiger partial charge in [-0.15, -0.1) is 0 Å². The highest BCUT2D eigenvalue weighted by molar-refractivity contribution is 6.09. The monoisotopic (exact) mass is 843 g/mol. The fourth-order valence-corrected chi connectivity index (χ4v) is 10.4. The average molecular weight is 844 g/mol. The minimum Gasteiger partial charge on any atom is -0.457 e. The van der Waals surface area contributed by atoms with Crippen LogP contribution in [-0.2, 0) is 16.2 Å². The Kier molecular flexibility index (Phi) is 9.68. The van der Waals surface area contributed by atoms with Crippen LogP contribution in [0.15, 0.2) is 146 Å². The Bertz CT molecular complexity index is 3120. The molecule has 0 amide bonds. The molecule has 324 valence electrons. The Morgan fingerprint density at radius 3 is 2.03 bits per heavy atom. The number of hydrogen-bond donors (Lipinski definition) is 0. The third kappa shape index (κ3) is 6.37. The summed E-state index contributed by atoms with van der Waals surface area (Å²) in [5, 5.41) is 2.36. The number of ether oxygens (including phenoxy) is 1. The lowest BCUT2D eigenvalue weighted by atomic mass is 9.77. The molecule has 0 radical (unpaired) electrons. The van der Waals surface area contributed by atoms with E-state index in [1.165, 1.54) is 61.3 Å². The van der Waals surface area contributed by atoms with Gasteiger partial charge in [-0.05, 0) is 105 Å². The summed E-state index contributed by atoms with van der Waals surface area (Å²) >= 11 is 0. The topological polar surface area (TPSA) is 27.1 Å². The van der Waals surface area contributed by atoms with Gasteiger partial charge in [0.25, 0.3) is 0 Å². The van der Waals surface area contributed by atoms with Gasteiger partial charge in [0, 0.05) is 59.4 Å². The smallest absolute Gasteiger partial charge is 0.225 e. The first kappa shape index (κ1) is 42.0. The largest absolute Gasteiger partial charge is 0.457 e. The van der Waals surface area contributed by atoms with Gasteiger partial charge in [0.1, 0.15) is 17.3 Å². The van der Waals surface area contributed by atoms with Crippen molar-refractivity contribution in [2.24, 2.45) is 0 Å². The number of hydrogen-bond acceptors (Lipinski definition) is 2. The van der Waals surface area contributed by atoms with Crippen molar-refractivity contribution >= 4 is 44.6 Å². The fraction of sp³-hybridized carbons (Fsp3) is 0.288. The lowest BCUT2D eigenvalue weighted by molar-refractivity contribution is 0.412. The molecule has 8 aromatic rings. The minimum atomic E-state index is -0.0147. The SMILES string of the molecule is CCC(C)(CC)c1ccc2c(c1)[N@@+]1(c3cccc(C(C)(C)C)c3)[CH-][N+]21c1cc(Oc2ccc3c4ccccc4n(-c4cc(C(C)(C)C)ccn4)c3c2)cc(-c2ccccc2C(C)C)c1. The Morgan fingerprint density at radius 2 is 1.28 bits per heavy atom. The number of benzene rings is 6. The van der Waals surface area contributed by atoms with E-state index >= 15 is 0 Å². The molecule has 0 N–H and O–H groups in total. The second-order valence-corrected chi connectivity index (χ2v) is 21.0. The lowest BCUT2D eigenvalue weighted by Crippen LogP contribution is -2.47. The Hall–Kier alpha value is -6.01. The van der Waals surface area contributed by atoms with E-state index in [2.05, 4.69) is 227 Å². The molecule has 5 nitrogen and oxygen atoms in total. The van der Waals surface area contributed by atoms with Crippen molar-refractivity contribution in [1.29, 1.82) is 0 Å². The number of quaternary nitrogens is 2. The predicted molar refractivity (Wildman–Crippen MR) is 270 cm³/mol. The Morgan fingerprint density at radius 1 is 0.578 bits per heavy atom. The molecule has 64 heavy (non-hydrogen) atoms. The second kappa shape index (κ2) is 14.8. The van der Waals surface area contributed by atoms with Crippen LogP contribution in [0, 0.1) is 6.67 Å². The summed E-state index contributed by atoms with van der Waals surface area (Å²) in [6.07, 6.45) is 4.13. The molecule has 2 aliphatic rings. The van der Waals surface area contributed by atoms with Crippen LogP contribution >= 0.6 is 0 Å². The maximum atomic E-state index is 7.16. The summed E-state index contributed by atoms with van der Waals surface area (Å²) < 4.78 is 10.7. The average Bonchev–Trinajstić information content (AvgIpc) is 3.79. The zero-order valence-electron chi connectivity index (χ0n) is 39.6. The molecule has 6 aromatic carbocycles. The molecule has 0 saturated carbocycles. The highest BCUT2D eigenvalue weighted by Gasteiger charge is 2.78. The van der Waals surface area contributed by atoms with Crippen molar-refractivity contribution in [2.75, 3.05) is 0 Å². The van der Waals surface area contributed by atoms with E-state index in [-0.39, 0.29) is 16.2 Å². The normalized spacial score (nSPS) is 18.2. The van der Waals surface area contributed by atoms with Gasteiger partial charge in [0.2, 0.25) is 11.4 Å². The fourth-order valence-electron chi connectivity index (χ4n) is 10.4. The first-order valence-electron chi connectivity index (χ1n) is 23.4. The summed E-state index contributed by atoms with van der Waals surface area (Å²) in [5.41, 5.74) is 15.1. The zero-order chi connectivity index (χ0) is 45.0. The van der Waals surface area contributed by atoms with Crippen molar-refractivity contribution in [2.45, 2.75) is 111 Å². The van der Waals surface area contributed by atoms with Crippen molar-refractivity contribution in [1.82, 2.24) is 18.7 Å². The molecule has 2 atom stereocenters. The van der Waals surface area contributed by atoms with Crippen LogP contribution in [0.1, 0.15) is 117 Å². The van der Waals surface area contributed by atoms with Crippen LogP contribution in [0.4, 0.5) is 22.7 Å². The van der Waals surface area contributed by atoms with Gasteiger partial charge in [0.05, 0.1) is 11.0 Å². The summed E-state index contributed by atoms with van der Waals surface area (Å²) in [7, 11) is 0. The zero-order valence-corrected chi connectivity index (χ0v) is 39.6. The highest BCUT2D eigenvalue weighted by Crippen LogP contribution is 2.76. The lowest BCUT2D eigenvalue weighted by Gasteiger charge is -2.41. The van der Waals surface area contributed by atoms with E-state index in [4.69, 9.17) is 9.72 Å². The molecular formula is C59H63N4O+. The summed E-state index contributed by atoms with van der Waals surface area (Å²) in [6.45, 7) is 27.9. The first-order chi connectivity index (χ1) is 30.5. The number of aromatic nitrogens is 2. The van der Waals surface area contributed by atoms with Crippen molar-refractivity contribution in [3.8, 4) is 28.4 Å². The van der Waals surface area contributed by atoms with Crippen molar-refractivity contribution in [3.05, 3.63) is 175 Å². The van der Waals surface area contributed by atoms with Crippen LogP contribution in [0.5, 0.6) is 11.5 Å². The van der Waals surface area contributed by atoms with E-state index < -0.39 is 0 Å². The van der Waals surface area contributed by atoms with Crippen molar-refractivity contribution in [3.63, 3.8) is 0 Å². The van der Waals surface area contributed by atoms with Gasteiger partial charge >= 0.3 is 0 Å².